The summed E-state index contributed by atoms with van der Waals surface area (Å²) in [5, 5.41) is 19.9. The molecule has 0 saturated carbocycles. The van der Waals surface area contributed by atoms with Gasteiger partial charge in [0.15, 0.2) is 0 Å². The van der Waals surface area contributed by atoms with E-state index in [4.69, 9.17) is 4.74 Å². The Morgan fingerprint density at radius 3 is 2.46 bits per heavy atom. The van der Waals surface area contributed by atoms with E-state index in [1.807, 2.05) is 0 Å². The van der Waals surface area contributed by atoms with Crippen molar-refractivity contribution >= 4 is 7.32 Å². The predicted octanol–water partition coefficient (Wildman–Crippen LogP) is -7.71. The summed E-state index contributed by atoms with van der Waals surface area (Å²) in [7, 11) is -2.17. The maximum Gasteiger partial charge on any atom is 1.00 e. The Hall–Kier alpha value is 3.18. The molecule has 0 bridgehead atoms. The van der Waals surface area contributed by atoms with E-state index in [0.717, 1.165) is 25.9 Å². The van der Waals surface area contributed by atoms with Gasteiger partial charge >= 0.3 is 103 Å². The summed E-state index contributed by atoms with van der Waals surface area (Å²) in [5.41, 5.74) is 0. The van der Waals surface area contributed by atoms with Crippen molar-refractivity contribution in [3.8, 4) is 0 Å². The average molecular weight is 236 g/mol. The topological polar surface area (TPSA) is 64.6 Å². The zero-order chi connectivity index (χ0) is 8.10. The van der Waals surface area contributed by atoms with Crippen molar-refractivity contribution in [2.75, 3.05) is 13.2 Å². The van der Waals surface area contributed by atoms with E-state index in [2.05, 4.69) is 4.65 Å². The van der Waals surface area contributed by atoms with Gasteiger partial charge in [-0.15, -0.1) is 0 Å². The van der Waals surface area contributed by atoms with Gasteiger partial charge in [0.2, 0.25) is 0 Å². The molecule has 0 N–H and O–H groups in total. The van der Waals surface area contributed by atoms with Crippen molar-refractivity contribution in [2.24, 2.45) is 0 Å². The molecule has 0 aromatic heterocycles. The van der Waals surface area contributed by atoms with Crippen LogP contribution in [0.4, 0.5) is 0 Å². The first-order valence-electron chi connectivity index (χ1n) is 3.84. The van der Waals surface area contributed by atoms with Gasteiger partial charge < -0.3 is 19.4 Å². The Kier molecular flexibility index (Phi) is 16.6. The first kappa shape index (κ1) is 18.5. The molecule has 1 aliphatic heterocycles. The molecule has 0 aromatic rings. The fourth-order valence-corrected chi connectivity index (χ4v) is 1.12. The van der Waals surface area contributed by atoms with Crippen LogP contribution in [0.15, 0.2) is 0 Å². The van der Waals surface area contributed by atoms with Gasteiger partial charge in [0, 0.05) is 6.61 Å². The molecule has 1 atom stereocenters. The first-order chi connectivity index (χ1) is 5.29. The molecule has 0 radical (unpaired) electrons. The van der Waals surface area contributed by atoms with Gasteiger partial charge in [-0.3, -0.25) is 0 Å². The van der Waals surface area contributed by atoms with Crippen LogP contribution < -0.4 is 113 Å². The van der Waals surface area contributed by atoms with Crippen LogP contribution in [0, 0.1) is 0 Å². The van der Waals surface area contributed by atoms with Crippen LogP contribution in [0.5, 0.6) is 0 Å². The zero-order valence-electron chi connectivity index (χ0n) is 8.32. The Bertz CT molecular complexity index is 111. The molecule has 13 heavy (non-hydrogen) atoms. The van der Waals surface area contributed by atoms with Gasteiger partial charge in [0.25, 0.3) is 0 Å². The summed E-state index contributed by atoms with van der Waals surface area (Å²) >= 11 is 0. The van der Waals surface area contributed by atoms with Gasteiger partial charge in [-0.25, -0.2) is 0 Å². The standard InChI is InChI=1S/C6H11BO4.2K/c8-7(9)11-5-6-3-1-2-4-10-6;;/h6H,1-5H2;;/q-2;2*+1. The van der Waals surface area contributed by atoms with Crippen LogP contribution in [0.25, 0.3) is 0 Å². The molecular weight excluding hydrogens is 225 g/mol. The Balaban J connectivity index is 0. The first-order valence-corrected chi connectivity index (χ1v) is 3.84. The van der Waals surface area contributed by atoms with Crippen molar-refractivity contribution in [3.63, 3.8) is 0 Å². The molecule has 0 aromatic carbocycles. The summed E-state index contributed by atoms with van der Waals surface area (Å²) in [6.07, 6.45) is 3.02. The van der Waals surface area contributed by atoms with E-state index < -0.39 is 7.32 Å². The van der Waals surface area contributed by atoms with Crippen LogP contribution >= 0.6 is 0 Å². The molecular formula is C6H11BK2O4. The number of hydrogen-bond acceptors (Lipinski definition) is 4. The van der Waals surface area contributed by atoms with Gasteiger partial charge in [0.05, 0.1) is 20.0 Å². The maximum absolute atomic E-state index is 9.94. The molecule has 0 spiro atoms. The van der Waals surface area contributed by atoms with Crippen molar-refractivity contribution < 1.29 is 122 Å². The summed E-state index contributed by atoms with van der Waals surface area (Å²) in [4.78, 5) is 0. The van der Waals surface area contributed by atoms with Crippen LogP contribution in [0.2, 0.25) is 0 Å². The molecule has 1 rings (SSSR count). The van der Waals surface area contributed by atoms with Crippen molar-refractivity contribution in [1.82, 2.24) is 0 Å². The predicted molar refractivity (Wildman–Crippen MR) is 35.3 cm³/mol. The molecule has 4 nitrogen and oxygen atoms in total. The third kappa shape index (κ3) is 10.1. The largest absolute Gasteiger partial charge is 1.00 e. The molecule has 7 heteroatoms. The zero-order valence-corrected chi connectivity index (χ0v) is 14.6. The third-order valence-corrected chi connectivity index (χ3v) is 1.69. The maximum atomic E-state index is 9.94. The second kappa shape index (κ2) is 11.7. The van der Waals surface area contributed by atoms with E-state index in [0.29, 0.717) is 0 Å². The van der Waals surface area contributed by atoms with Crippen LogP contribution in [0.3, 0.4) is 0 Å². The van der Waals surface area contributed by atoms with E-state index in [9.17, 15) is 10.0 Å². The minimum Gasteiger partial charge on any atom is -0.871 e. The summed E-state index contributed by atoms with van der Waals surface area (Å²) in [6, 6.07) is 0. The molecule has 1 unspecified atom stereocenters. The Morgan fingerprint density at radius 2 is 2.00 bits per heavy atom. The summed E-state index contributed by atoms with van der Waals surface area (Å²) in [5.74, 6) is 0. The second-order valence-electron chi connectivity index (χ2n) is 2.61. The molecule has 1 heterocycles. The molecule has 64 valence electrons. The van der Waals surface area contributed by atoms with Gasteiger partial charge in [-0.1, -0.05) is 0 Å². The minimum atomic E-state index is -2.17. The molecule has 0 aliphatic carbocycles. The number of rotatable bonds is 3. The van der Waals surface area contributed by atoms with Gasteiger partial charge in [-0.2, -0.15) is 0 Å². The minimum absolute atomic E-state index is 0. The average Bonchev–Trinajstić information content (AvgIpc) is 2.03. The quantitative estimate of drug-likeness (QED) is 0.457. The monoisotopic (exact) mass is 236 g/mol. The molecule has 1 saturated heterocycles. The normalized spacial score (nSPS) is 21.2. The number of ether oxygens (including phenoxy) is 1. The van der Waals surface area contributed by atoms with E-state index in [1.54, 1.807) is 0 Å². The second-order valence-corrected chi connectivity index (χ2v) is 2.61. The van der Waals surface area contributed by atoms with Crippen LogP contribution in [0.1, 0.15) is 19.3 Å². The van der Waals surface area contributed by atoms with Gasteiger partial charge in [0.1, 0.15) is 0 Å². The van der Waals surface area contributed by atoms with E-state index in [-0.39, 0.29) is 115 Å². The van der Waals surface area contributed by atoms with Gasteiger partial charge in [-0.05, 0) is 19.3 Å². The summed E-state index contributed by atoms with van der Waals surface area (Å²) < 4.78 is 9.57. The third-order valence-electron chi connectivity index (χ3n) is 1.69. The summed E-state index contributed by atoms with van der Waals surface area (Å²) in [6.45, 7) is 0.869. The van der Waals surface area contributed by atoms with E-state index in [1.165, 1.54) is 0 Å². The van der Waals surface area contributed by atoms with Crippen LogP contribution in [-0.4, -0.2) is 26.6 Å². The van der Waals surface area contributed by atoms with E-state index >= 15 is 0 Å². The molecule has 0 amide bonds. The van der Waals surface area contributed by atoms with Crippen molar-refractivity contribution in [2.45, 2.75) is 25.4 Å². The molecule has 1 fully saturated rings. The van der Waals surface area contributed by atoms with Crippen molar-refractivity contribution in [3.05, 3.63) is 0 Å². The fraction of sp³-hybridized carbons (Fsp3) is 1.00. The Labute approximate surface area is 164 Å². The Morgan fingerprint density at radius 1 is 1.31 bits per heavy atom. The smallest absolute Gasteiger partial charge is 0.871 e. The number of hydrogen-bond donors (Lipinski definition) is 0. The van der Waals surface area contributed by atoms with Crippen LogP contribution in [-0.2, 0) is 9.39 Å². The van der Waals surface area contributed by atoms with Crippen molar-refractivity contribution in [1.29, 1.82) is 0 Å². The SMILES string of the molecule is [K+].[K+].[O-]B([O-])OCC1CCCCO1. The molecule has 1 aliphatic rings. The fourth-order valence-electron chi connectivity index (χ4n) is 1.12.